The third kappa shape index (κ3) is 2.77. The second-order valence-corrected chi connectivity index (χ2v) is 7.09. The van der Waals surface area contributed by atoms with Crippen molar-refractivity contribution in [1.29, 1.82) is 0 Å². The molecule has 0 atom stereocenters. The van der Waals surface area contributed by atoms with E-state index in [1.165, 1.54) is 50.4 Å². The predicted octanol–water partition coefficient (Wildman–Crippen LogP) is 5.74. The number of aromatic amines is 1. The minimum Gasteiger partial charge on any atom is -0.358 e. The summed E-state index contributed by atoms with van der Waals surface area (Å²) in [6.45, 7) is 15.1. The molecule has 3 rings (SSSR count). The molecule has 1 aromatic carbocycles. The molecule has 0 fully saturated rings. The SMILES string of the molecule is CC1=CC(C)=N/C1=C(\c1[nH]c(C)cc1C)c1c(C)cc(C)cc1C. The van der Waals surface area contributed by atoms with Crippen molar-refractivity contribution >= 4 is 11.3 Å². The van der Waals surface area contributed by atoms with Gasteiger partial charge in [-0.25, -0.2) is 0 Å². The Morgan fingerprint density at radius 3 is 1.92 bits per heavy atom. The summed E-state index contributed by atoms with van der Waals surface area (Å²) in [4.78, 5) is 8.43. The van der Waals surface area contributed by atoms with Crippen molar-refractivity contribution in [2.45, 2.75) is 48.5 Å². The number of aryl methyl sites for hydroxylation is 5. The van der Waals surface area contributed by atoms with E-state index in [0.717, 1.165) is 11.4 Å². The highest BCUT2D eigenvalue weighted by Gasteiger charge is 2.22. The highest BCUT2D eigenvalue weighted by atomic mass is 14.8. The summed E-state index contributed by atoms with van der Waals surface area (Å²) in [5.41, 5.74) is 13.4. The summed E-state index contributed by atoms with van der Waals surface area (Å²) in [6.07, 6.45) is 2.17. The van der Waals surface area contributed by atoms with Gasteiger partial charge in [-0.2, -0.15) is 0 Å². The van der Waals surface area contributed by atoms with E-state index in [4.69, 9.17) is 4.99 Å². The zero-order chi connectivity index (χ0) is 17.6. The first-order valence-corrected chi connectivity index (χ1v) is 8.51. The van der Waals surface area contributed by atoms with Gasteiger partial charge in [0.25, 0.3) is 0 Å². The number of aromatic nitrogens is 1. The van der Waals surface area contributed by atoms with Crippen molar-refractivity contribution in [3.63, 3.8) is 0 Å². The average molecular weight is 318 g/mol. The van der Waals surface area contributed by atoms with Crippen LogP contribution in [0.3, 0.4) is 0 Å². The van der Waals surface area contributed by atoms with Crippen molar-refractivity contribution < 1.29 is 0 Å². The third-order valence-electron chi connectivity index (χ3n) is 4.65. The number of allylic oxidation sites excluding steroid dienone is 2. The molecule has 1 aromatic heterocycles. The normalized spacial score (nSPS) is 16.3. The predicted molar refractivity (Wildman–Crippen MR) is 104 cm³/mol. The smallest absolute Gasteiger partial charge is 0.0762 e. The molecule has 1 aliphatic heterocycles. The highest BCUT2D eigenvalue weighted by molar-refractivity contribution is 6.01. The van der Waals surface area contributed by atoms with E-state index >= 15 is 0 Å². The fourth-order valence-corrected chi connectivity index (χ4v) is 3.86. The van der Waals surface area contributed by atoms with E-state index in [-0.39, 0.29) is 0 Å². The van der Waals surface area contributed by atoms with Crippen LogP contribution in [-0.4, -0.2) is 10.7 Å². The van der Waals surface area contributed by atoms with Crippen LogP contribution >= 0.6 is 0 Å². The quantitative estimate of drug-likeness (QED) is 0.731. The minimum absolute atomic E-state index is 1.07. The van der Waals surface area contributed by atoms with E-state index in [1.54, 1.807) is 0 Å². The van der Waals surface area contributed by atoms with Gasteiger partial charge >= 0.3 is 0 Å². The molecule has 1 aliphatic rings. The second kappa shape index (κ2) is 5.94. The van der Waals surface area contributed by atoms with Crippen LogP contribution in [0.15, 0.2) is 40.5 Å². The van der Waals surface area contributed by atoms with Crippen molar-refractivity contribution in [3.05, 3.63) is 74.8 Å². The monoisotopic (exact) mass is 318 g/mol. The Morgan fingerprint density at radius 2 is 1.46 bits per heavy atom. The average Bonchev–Trinajstić information content (AvgIpc) is 2.95. The zero-order valence-electron chi connectivity index (χ0n) is 15.8. The lowest BCUT2D eigenvalue weighted by atomic mass is 9.88. The van der Waals surface area contributed by atoms with E-state index in [0.29, 0.717) is 0 Å². The van der Waals surface area contributed by atoms with E-state index in [1.807, 2.05) is 0 Å². The van der Waals surface area contributed by atoms with Crippen molar-refractivity contribution in [3.8, 4) is 0 Å². The molecular weight excluding hydrogens is 292 g/mol. The summed E-state index contributed by atoms with van der Waals surface area (Å²) in [7, 11) is 0. The number of hydrogen-bond acceptors (Lipinski definition) is 1. The zero-order valence-corrected chi connectivity index (χ0v) is 15.8. The third-order valence-corrected chi connectivity index (χ3v) is 4.65. The fraction of sp³-hybridized carbons (Fsp3) is 0.318. The molecule has 24 heavy (non-hydrogen) atoms. The van der Waals surface area contributed by atoms with Gasteiger partial charge in [0.1, 0.15) is 0 Å². The summed E-state index contributed by atoms with van der Waals surface area (Å²) in [5.74, 6) is 0. The molecular formula is C22H26N2. The molecule has 2 heteroatoms. The molecule has 0 unspecified atom stereocenters. The number of benzene rings is 1. The summed E-state index contributed by atoms with van der Waals surface area (Å²) in [5, 5.41) is 0. The van der Waals surface area contributed by atoms with Gasteiger partial charge in [0, 0.05) is 17.0 Å². The Bertz CT molecular complexity index is 894. The number of rotatable bonds is 2. The lowest BCUT2D eigenvalue weighted by molar-refractivity contribution is 1.19. The Balaban J connectivity index is 2.40. The Morgan fingerprint density at radius 1 is 0.833 bits per heavy atom. The molecule has 0 bridgehead atoms. The molecule has 0 aliphatic carbocycles. The first-order chi connectivity index (χ1) is 11.3. The Labute approximate surface area is 145 Å². The van der Waals surface area contributed by atoms with Gasteiger partial charge in [0.2, 0.25) is 0 Å². The van der Waals surface area contributed by atoms with E-state index in [2.05, 4.69) is 77.7 Å². The first kappa shape index (κ1) is 16.5. The maximum atomic E-state index is 4.86. The second-order valence-electron chi connectivity index (χ2n) is 7.09. The molecule has 2 nitrogen and oxygen atoms in total. The first-order valence-electron chi connectivity index (χ1n) is 8.51. The van der Waals surface area contributed by atoms with Crippen LogP contribution in [0.1, 0.15) is 53.1 Å². The van der Waals surface area contributed by atoms with Crippen LogP contribution in [0.2, 0.25) is 0 Å². The molecule has 0 saturated carbocycles. The van der Waals surface area contributed by atoms with Gasteiger partial charge in [0.15, 0.2) is 0 Å². The number of H-pyrrole nitrogens is 1. The van der Waals surface area contributed by atoms with Crippen LogP contribution in [0.25, 0.3) is 5.57 Å². The lowest BCUT2D eigenvalue weighted by Gasteiger charge is -2.18. The fourth-order valence-electron chi connectivity index (χ4n) is 3.86. The highest BCUT2D eigenvalue weighted by Crippen LogP contribution is 2.38. The van der Waals surface area contributed by atoms with E-state index < -0.39 is 0 Å². The molecule has 0 radical (unpaired) electrons. The van der Waals surface area contributed by atoms with Gasteiger partial charge in [-0.3, -0.25) is 4.99 Å². The maximum absolute atomic E-state index is 4.86. The molecule has 0 saturated heterocycles. The number of aliphatic imine (C=N–C) groups is 1. The van der Waals surface area contributed by atoms with Crippen molar-refractivity contribution in [2.24, 2.45) is 4.99 Å². The molecule has 1 N–H and O–H groups in total. The summed E-state index contributed by atoms with van der Waals surface area (Å²) in [6, 6.07) is 6.73. The largest absolute Gasteiger partial charge is 0.358 e. The van der Waals surface area contributed by atoms with Crippen molar-refractivity contribution in [2.75, 3.05) is 0 Å². The van der Waals surface area contributed by atoms with Gasteiger partial charge < -0.3 is 4.98 Å². The summed E-state index contributed by atoms with van der Waals surface area (Å²) >= 11 is 0. The molecule has 0 spiro atoms. The molecule has 0 amide bonds. The van der Waals surface area contributed by atoms with Crippen molar-refractivity contribution in [1.82, 2.24) is 4.98 Å². The van der Waals surface area contributed by atoms with Gasteiger partial charge in [-0.1, -0.05) is 17.7 Å². The van der Waals surface area contributed by atoms with Crippen LogP contribution in [0.4, 0.5) is 0 Å². The molecule has 2 aromatic rings. The van der Waals surface area contributed by atoms with Crippen LogP contribution < -0.4 is 0 Å². The number of hydrogen-bond donors (Lipinski definition) is 1. The van der Waals surface area contributed by atoms with Gasteiger partial charge in [-0.15, -0.1) is 0 Å². The topological polar surface area (TPSA) is 28.1 Å². The van der Waals surface area contributed by atoms with Crippen LogP contribution in [-0.2, 0) is 0 Å². The van der Waals surface area contributed by atoms with Crippen LogP contribution in [0.5, 0.6) is 0 Å². The maximum Gasteiger partial charge on any atom is 0.0762 e. The Hall–Kier alpha value is -2.35. The Kier molecular flexibility index (Phi) is 4.08. The van der Waals surface area contributed by atoms with E-state index in [9.17, 15) is 0 Å². The standard InChI is InChI=1S/C22H26N2/c1-12-8-13(2)19(14(3)9-12)20(21-15(4)10-17(6)23-21)22-16(5)11-18(7)24-22/h8-11,23H,1-7H3/b22-20-. The lowest BCUT2D eigenvalue weighted by Crippen LogP contribution is -2.01. The minimum atomic E-state index is 1.07. The van der Waals surface area contributed by atoms with Gasteiger partial charge in [0.05, 0.1) is 11.4 Å². The van der Waals surface area contributed by atoms with Gasteiger partial charge in [-0.05, 0) is 88.4 Å². The number of nitrogens with zero attached hydrogens (tertiary/aromatic N) is 1. The molecule has 2 heterocycles. The number of nitrogens with one attached hydrogen (secondary N) is 1. The summed E-state index contributed by atoms with van der Waals surface area (Å²) < 4.78 is 0. The molecule has 124 valence electrons. The van der Waals surface area contributed by atoms with Crippen LogP contribution in [0, 0.1) is 34.6 Å².